The van der Waals surface area contributed by atoms with Gasteiger partial charge in [0.15, 0.2) is 6.29 Å². The van der Waals surface area contributed by atoms with E-state index in [0.29, 0.717) is 51.6 Å². The summed E-state index contributed by atoms with van der Waals surface area (Å²) in [5, 5.41) is 0. The number of halogens is 4. The summed E-state index contributed by atoms with van der Waals surface area (Å²) in [6, 6.07) is 0. The zero-order valence-corrected chi connectivity index (χ0v) is 47.0. The van der Waals surface area contributed by atoms with Gasteiger partial charge in [-0.1, -0.05) is 78.2 Å². The molecule has 2 aliphatic carbocycles. The minimum atomic E-state index is -3.40. The van der Waals surface area contributed by atoms with Crippen LogP contribution in [-0.2, 0) is 66.5 Å². The first-order valence-electron chi connectivity index (χ1n) is 26.7. The van der Waals surface area contributed by atoms with Crippen molar-refractivity contribution in [1.29, 1.82) is 0 Å². The lowest BCUT2D eigenvalue weighted by Gasteiger charge is -2.29. The van der Waals surface area contributed by atoms with Crippen LogP contribution in [0.15, 0.2) is 12.2 Å². The number of aldehydes is 1. The number of esters is 4. The van der Waals surface area contributed by atoms with Crippen LogP contribution in [0.5, 0.6) is 0 Å². The summed E-state index contributed by atoms with van der Waals surface area (Å²) in [6.07, 6.45) is 16.5. The van der Waals surface area contributed by atoms with E-state index in [2.05, 4.69) is 9.47 Å². The molecule has 21 heteroatoms. The molecule has 3 rings (SSSR count). The van der Waals surface area contributed by atoms with Crippen molar-refractivity contribution in [2.24, 2.45) is 29.6 Å². The van der Waals surface area contributed by atoms with Crippen molar-refractivity contribution in [1.82, 2.24) is 0 Å². The highest BCUT2D eigenvalue weighted by molar-refractivity contribution is 7.52. The number of carbonyl (C=O) groups excluding carboxylic acids is 7. The van der Waals surface area contributed by atoms with Crippen molar-refractivity contribution in [2.45, 2.75) is 219 Å². The Morgan fingerprint density at radius 3 is 1.61 bits per heavy atom. The summed E-state index contributed by atoms with van der Waals surface area (Å²) >= 11 is 0. The first-order chi connectivity index (χ1) is 35.6. The Morgan fingerprint density at radius 2 is 1.16 bits per heavy atom. The molecule has 16 nitrogen and oxygen atoms in total. The lowest BCUT2D eigenvalue weighted by Crippen LogP contribution is -2.31. The molecule has 0 N–H and O–H groups in total. The Balaban J connectivity index is 0.00000122. The van der Waals surface area contributed by atoms with Gasteiger partial charge >= 0.3 is 35.7 Å². The largest absolute Gasteiger partial charge is 0.469 e. The average Bonchev–Trinajstić information content (AvgIpc) is 3.86. The van der Waals surface area contributed by atoms with Gasteiger partial charge in [-0.05, 0) is 82.9 Å². The van der Waals surface area contributed by atoms with Crippen LogP contribution in [0.1, 0.15) is 182 Å². The summed E-state index contributed by atoms with van der Waals surface area (Å²) in [5.41, 5.74) is 0. The summed E-state index contributed by atoms with van der Waals surface area (Å²) < 4.78 is 92.0. The maximum absolute atomic E-state index is 14.3. The van der Waals surface area contributed by atoms with E-state index >= 15 is 0 Å². The molecule has 434 valence electrons. The second-order valence-electron chi connectivity index (χ2n) is 19.6. The third-order valence-electron chi connectivity index (χ3n) is 13.8. The molecule has 2 saturated carbocycles. The Hall–Kier alpha value is -3.74. The van der Waals surface area contributed by atoms with Crippen LogP contribution in [0, 0.1) is 39.5 Å². The number of alkyl halides is 4. The van der Waals surface area contributed by atoms with Gasteiger partial charge in [0.1, 0.15) is 18.5 Å². The van der Waals surface area contributed by atoms with E-state index in [9.17, 15) is 51.1 Å². The minimum Gasteiger partial charge on any atom is -0.469 e. The fraction of sp³-hybridized carbons (Fsp3) is 0.833. The molecule has 2 unspecified atom stereocenters. The molecule has 0 bridgehead atoms. The van der Waals surface area contributed by atoms with Gasteiger partial charge in [-0.3, -0.25) is 28.8 Å². The van der Waals surface area contributed by atoms with Crippen LogP contribution in [0.4, 0.5) is 17.6 Å². The van der Waals surface area contributed by atoms with Crippen molar-refractivity contribution in [3.8, 4) is 0 Å². The maximum Gasteiger partial charge on any atom is 0.309 e. The van der Waals surface area contributed by atoms with Crippen molar-refractivity contribution >= 4 is 49.9 Å². The highest BCUT2D eigenvalue weighted by Gasteiger charge is 2.46. The van der Waals surface area contributed by atoms with Gasteiger partial charge in [0, 0.05) is 101 Å². The van der Waals surface area contributed by atoms with Gasteiger partial charge in [-0.15, -0.1) is 0 Å². The molecule has 3 fully saturated rings. The number of hydrogen-bond donors (Lipinski definition) is 0. The molecule has 0 spiro atoms. The van der Waals surface area contributed by atoms with Gasteiger partial charge in [0.05, 0.1) is 26.5 Å². The first-order valence-corrected chi connectivity index (χ1v) is 28.6. The molecule has 0 aromatic rings. The monoisotopic (exact) mass is 1100 g/mol. The van der Waals surface area contributed by atoms with E-state index in [4.69, 9.17) is 33.4 Å². The van der Waals surface area contributed by atoms with E-state index in [1.54, 1.807) is 19.7 Å². The lowest BCUT2D eigenvalue weighted by atomic mass is 9.87. The SMILES string of the molecule is CCCCC(F)(F)C(=O)/C=C/[C@@H]1[C@@H](CCCCCCC(=O)OC)[C@@H](OC(C)=O)C[C@H]1OC1CCCCO1.CCCCC(F)(F)C(=O)CP(C)OC.COC(=O)CCCCCC[C@@H]1[C@@H](C=O)[C@H](C)C[C@@H]1OC(C)=O.O=O. The number of allylic oxidation sites excluding steroid dienone is 1. The molecular weight excluding hydrogens is 1010 g/mol. The molecule has 0 aromatic heterocycles. The van der Waals surface area contributed by atoms with Crippen LogP contribution in [0.3, 0.4) is 0 Å². The molecule has 1 saturated heterocycles. The summed E-state index contributed by atoms with van der Waals surface area (Å²) in [6.45, 7) is 10.7. The van der Waals surface area contributed by atoms with E-state index in [1.807, 2.05) is 13.8 Å². The molecule has 75 heavy (non-hydrogen) atoms. The van der Waals surface area contributed by atoms with E-state index in [1.165, 1.54) is 35.2 Å². The van der Waals surface area contributed by atoms with Crippen molar-refractivity contribution < 1.29 is 84.1 Å². The van der Waals surface area contributed by atoms with E-state index < -0.39 is 62.4 Å². The van der Waals surface area contributed by atoms with Gasteiger partial charge in [0.25, 0.3) is 0 Å². The van der Waals surface area contributed by atoms with Crippen LogP contribution in [0.2, 0.25) is 0 Å². The zero-order chi connectivity index (χ0) is 57.0. The summed E-state index contributed by atoms with van der Waals surface area (Å²) in [5.74, 6) is -9.98. The molecule has 3 aliphatic rings. The lowest BCUT2D eigenvalue weighted by molar-refractivity contribution is -0.193. The van der Waals surface area contributed by atoms with Crippen molar-refractivity contribution in [3.63, 3.8) is 0 Å². The number of methoxy groups -OCH3 is 2. The van der Waals surface area contributed by atoms with Crippen LogP contribution >= 0.6 is 8.15 Å². The summed E-state index contributed by atoms with van der Waals surface area (Å²) in [4.78, 5) is 94.2. The van der Waals surface area contributed by atoms with Crippen LogP contribution in [0.25, 0.3) is 0 Å². The average molecular weight is 1100 g/mol. The number of ketones is 2. The standard InChI is InChI=1S/C28H44F2O7.C17H28O5.C9H17F2O2P.O2/c1-4-5-17-28(29,30)25(32)16-15-22-21(12-8-6-7-9-13-26(33)34-3)23(36-20(2)31)19-24(22)37-27-14-10-11-18-35-27;1-12-10-16(22-13(2)19)14(15(12)11-18)8-6-4-5-7-9-17(20)21-3;1-4-5-6-9(10,11)8(12)7-14(3)13-2;1-2/h15-16,21-24,27H,4-14,17-19H2,1-3H3;11-12,14-16H,4-10H2,1-3H3;4-7H2,1-3H3;/b16-15+;;;/t21-,22-,23+,24-,27?;12-,14-,15+,16+;;/m11../s1. The molecule has 1 heterocycles. The Bertz CT molecular complexity index is 1680. The summed E-state index contributed by atoms with van der Waals surface area (Å²) in [7, 11) is 3.18. The maximum atomic E-state index is 14.3. The van der Waals surface area contributed by atoms with Gasteiger partial charge < -0.3 is 37.7 Å². The van der Waals surface area contributed by atoms with E-state index in [-0.39, 0.29) is 72.6 Å². The third-order valence-corrected chi connectivity index (χ3v) is 15.1. The third kappa shape index (κ3) is 29.5. The molecule has 0 radical (unpaired) electrons. The molecular formula is C54H89F4O16P. The molecule has 0 aromatic carbocycles. The zero-order valence-electron chi connectivity index (χ0n) is 46.1. The Kier molecular flexibility index (Phi) is 38.5. The highest BCUT2D eigenvalue weighted by Crippen LogP contribution is 2.43. The van der Waals surface area contributed by atoms with Crippen molar-refractivity contribution in [3.05, 3.63) is 22.1 Å². The normalized spacial score (nSPS) is 23.7. The topological polar surface area (TPSA) is 218 Å². The van der Waals surface area contributed by atoms with Gasteiger partial charge in [-0.25, -0.2) is 0 Å². The van der Waals surface area contributed by atoms with Crippen LogP contribution in [-0.4, -0.2) is 119 Å². The van der Waals surface area contributed by atoms with Crippen LogP contribution < -0.4 is 0 Å². The number of hydrogen-bond acceptors (Lipinski definition) is 16. The number of rotatable bonds is 32. The number of unbranched alkanes of at least 4 members (excludes halogenated alkanes) is 8. The quantitative estimate of drug-likeness (QED) is 0.0116. The minimum absolute atomic E-state index is 0.0144. The molecule has 10 atom stereocenters. The predicted molar refractivity (Wildman–Crippen MR) is 277 cm³/mol. The van der Waals surface area contributed by atoms with Crippen molar-refractivity contribution in [2.75, 3.05) is 40.8 Å². The number of ether oxygens (including phenoxy) is 6. The number of Topliss-reactive ketones (excluding diaryl/α,β-unsaturated/α-hetero) is 1. The fourth-order valence-electron chi connectivity index (χ4n) is 9.54. The molecule has 1 aliphatic heterocycles. The highest BCUT2D eigenvalue weighted by atomic mass is 31.1. The fourth-order valence-corrected chi connectivity index (χ4v) is 10.3. The predicted octanol–water partition coefficient (Wildman–Crippen LogP) is 12.0. The second kappa shape index (κ2) is 40.5. The number of carbonyl (C=O) groups is 7. The Morgan fingerprint density at radius 1 is 0.667 bits per heavy atom. The first kappa shape index (κ1) is 71.3. The smallest absolute Gasteiger partial charge is 0.309 e. The van der Waals surface area contributed by atoms with Gasteiger partial charge in [-0.2, -0.15) is 17.6 Å². The molecule has 0 amide bonds. The Labute approximate surface area is 443 Å². The second-order valence-corrected chi connectivity index (χ2v) is 21.6. The van der Waals surface area contributed by atoms with E-state index in [0.717, 1.165) is 95.8 Å². The van der Waals surface area contributed by atoms with Gasteiger partial charge in [0.2, 0.25) is 11.6 Å².